The van der Waals surface area contributed by atoms with Gasteiger partial charge in [0.05, 0.1) is 0 Å². The monoisotopic (exact) mass is 265 g/mol. The van der Waals surface area contributed by atoms with Crippen LogP contribution in [-0.2, 0) is 11.3 Å². The second-order valence-electron chi connectivity index (χ2n) is 5.25. The predicted octanol–water partition coefficient (Wildman–Crippen LogP) is 2.43. The predicted molar refractivity (Wildman–Crippen MR) is 68.8 cm³/mol. The van der Waals surface area contributed by atoms with Gasteiger partial charge in [0.25, 0.3) is 0 Å². The molecule has 0 saturated carbocycles. The van der Waals surface area contributed by atoms with Crippen LogP contribution in [0.25, 0.3) is 0 Å². The van der Waals surface area contributed by atoms with E-state index < -0.39 is 5.97 Å². The van der Waals surface area contributed by atoms with Crippen molar-refractivity contribution in [3.8, 4) is 0 Å². The fourth-order valence-electron chi connectivity index (χ4n) is 2.33. The molecule has 1 amide bonds. The van der Waals surface area contributed by atoms with Gasteiger partial charge in [0.15, 0.2) is 0 Å². The van der Waals surface area contributed by atoms with Crippen molar-refractivity contribution in [1.82, 2.24) is 4.90 Å². The van der Waals surface area contributed by atoms with Crippen molar-refractivity contribution in [2.75, 3.05) is 6.54 Å². The van der Waals surface area contributed by atoms with Crippen LogP contribution in [0.1, 0.15) is 48.1 Å². The molecule has 19 heavy (non-hydrogen) atoms. The number of aromatic carboxylic acids is 1. The van der Waals surface area contributed by atoms with E-state index in [1.165, 1.54) is 6.07 Å². The van der Waals surface area contributed by atoms with Crippen LogP contribution in [0.5, 0.6) is 0 Å². The number of nitrogens with zero attached hydrogens (tertiary/aromatic N) is 1. The van der Waals surface area contributed by atoms with Crippen LogP contribution in [-0.4, -0.2) is 28.4 Å². The molecule has 5 heteroatoms. The van der Waals surface area contributed by atoms with Gasteiger partial charge in [-0.3, -0.25) is 4.79 Å². The van der Waals surface area contributed by atoms with E-state index in [1.807, 2.05) is 0 Å². The summed E-state index contributed by atoms with van der Waals surface area (Å²) in [6.45, 7) is 5.05. The molecule has 1 fully saturated rings. The molecule has 5 nitrogen and oxygen atoms in total. The Bertz CT molecular complexity index is 492. The van der Waals surface area contributed by atoms with Crippen LogP contribution in [0.15, 0.2) is 10.5 Å². The molecule has 1 aromatic heterocycles. The number of aryl methyl sites for hydroxylation is 1. The molecule has 0 spiro atoms. The molecule has 0 radical (unpaired) electrons. The Morgan fingerprint density at radius 1 is 1.53 bits per heavy atom. The number of carboxylic acids is 1. The Balaban J connectivity index is 2.11. The maximum absolute atomic E-state index is 12.0. The van der Waals surface area contributed by atoms with Crippen LogP contribution in [0.2, 0.25) is 0 Å². The number of carbonyl (C=O) groups is 2. The Labute approximate surface area is 112 Å². The molecular weight excluding hydrogens is 246 g/mol. The largest absolute Gasteiger partial charge is 0.475 e. The SMILES string of the molecule is Cc1oc(C(=O)O)cc1CN1CCC(C)CCC1=O. The molecule has 1 unspecified atom stereocenters. The minimum atomic E-state index is -1.08. The van der Waals surface area contributed by atoms with Gasteiger partial charge in [-0.15, -0.1) is 0 Å². The van der Waals surface area contributed by atoms with E-state index in [0.717, 1.165) is 24.9 Å². The lowest BCUT2D eigenvalue weighted by Gasteiger charge is -2.20. The first-order valence-corrected chi connectivity index (χ1v) is 6.57. The summed E-state index contributed by atoms with van der Waals surface area (Å²) < 4.78 is 5.17. The molecule has 1 aromatic rings. The topological polar surface area (TPSA) is 70.8 Å². The molecule has 1 saturated heterocycles. The molecule has 0 aliphatic carbocycles. The van der Waals surface area contributed by atoms with Gasteiger partial charge >= 0.3 is 5.97 Å². The zero-order valence-corrected chi connectivity index (χ0v) is 11.3. The van der Waals surface area contributed by atoms with Crippen LogP contribution >= 0.6 is 0 Å². The molecule has 2 rings (SSSR count). The van der Waals surface area contributed by atoms with Gasteiger partial charge in [-0.25, -0.2) is 4.79 Å². The zero-order valence-electron chi connectivity index (χ0n) is 11.3. The van der Waals surface area contributed by atoms with Crippen molar-refractivity contribution in [1.29, 1.82) is 0 Å². The first-order valence-electron chi connectivity index (χ1n) is 6.57. The first kappa shape index (κ1) is 13.6. The van der Waals surface area contributed by atoms with Crippen molar-refractivity contribution in [2.45, 2.75) is 39.7 Å². The molecule has 1 atom stereocenters. The van der Waals surface area contributed by atoms with Crippen molar-refractivity contribution >= 4 is 11.9 Å². The third kappa shape index (κ3) is 3.16. The van der Waals surface area contributed by atoms with Gasteiger partial charge in [0.1, 0.15) is 5.76 Å². The average Bonchev–Trinajstić information content (AvgIpc) is 2.65. The van der Waals surface area contributed by atoms with Crippen LogP contribution in [0, 0.1) is 12.8 Å². The number of rotatable bonds is 3. The maximum Gasteiger partial charge on any atom is 0.371 e. The molecule has 104 valence electrons. The third-order valence-electron chi connectivity index (χ3n) is 3.69. The molecule has 2 heterocycles. The van der Waals surface area contributed by atoms with Crippen molar-refractivity contribution < 1.29 is 19.1 Å². The molecular formula is C14H19NO4. The fraction of sp³-hybridized carbons (Fsp3) is 0.571. The number of carboxylic acid groups (broad SMARTS) is 1. The Morgan fingerprint density at radius 2 is 2.26 bits per heavy atom. The first-order chi connectivity index (χ1) is 8.97. The van der Waals surface area contributed by atoms with E-state index in [0.29, 0.717) is 24.6 Å². The Hall–Kier alpha value is -1.78. The van der Waals surface area contributed by atoms with E-state index in [-0.39, 0.29) is 11.7 Å². The van der Waals surface area contributed by atoms with Gasteiger partial charge in [-0.1, -0.05) is 6.92 Å². The van der Waals surface area contributed by atoms with Gasteiger partial charge in [-0.2, -0.15) is 0 Å². The normalized spacial score (nSPS) is 20.4. The summed E-state index contributed by atoms with van der Waals surface area (Å²) in [4.78, 5) is 24.6. The lowest BCUT2D eigenvalue weighted by Crippen LogP contribution is -2.29. The molecule has 1 N–H and O–H groups in total. The summed E-state index contributed by atoms with van der Waals surface area (Å²) >= 11 is 0. The van der Waals surface area contributed by atoms with E-state index >= 15 is 0 Å². The number of carbonyl (C=O) groups excluding carboxylic acids is 1. The lowest BCUT2D eigenvalue weighted by atomic mass is 10.0. The highest BCUT2D eigenvalue weighted by Gasteiger charge is 2.22. The number of amides is 1. The van der Waals surface area contributed by atoms with Crippen LogP contribution < -0.4 is 0 Å². The third-order valence-corrected chi connectivity index (χ3v) is 3.69. The van der Waals surface area contributed by atoms with E-state index in [9.17, 15) is 9.59 Å². The molecule has 1 aliphatic rings. The molecule has 1 aliphatic heterocycles. The van der Waals surface area contributed by atoms with E-state index in [4.69, 9.17) is 9.52 Å². The highest BCUT2D eigenvalue weighted by atomic mass is 16.4. The maximum atomic E-state index is 12.0. The highest BCUT2D eigenvalue weighted by molar-refractivity contribution is 5.84. The lowest BCUT2D eigenvalue weighted by molar-refractivity contribution is -0.131. The van der Waals surface area contributed by atoms with Gasteiger partial charge in [0, 0.05) is 25.1 Å². The number of likely N-dealkylation sites (tertiary alicyclic amines) is 1. The van der Waals surface area contributed by atoms with Crippen LogP contribution in [0.4, 0.5) is 0 Å². The van der Waals surface area contributed by atoms with Crippen molar-refractivity contribution in [2.24, 2.45) is 5.92 Å². The van der Waals surface area contributed by atoms with Gasteiger partial charge in [-0.05, 0) is 31.7 Å². The van der Waals surface area contributed by atoms with Crippen molar-refractivity contribution in [3.63, 3.8) is 0 Å². The Morgan fingerprint density at radius 3 is 2.89 bits per heavy atom. The minimum absolute atomic E-state index is 0.0665. The van der Waals surface area contributed by atoms with E-state index in [2.05, 4.69) is 6.92 Å². The molecule has 0 bridgehead atoms. The van der Waals surface area contributed by atoms with Crippen molar-refractivity contribution in [3.05, 3.63) is 23.2 Å². The number of furan rings is 1. The summed E-state index contributed by atoms with van der Waals surface area (Å²) in [7, 11) is 0. The summed E-state index contributed by atoms with van der Waals surface area (Å²) in [6, 6.07) is 1.51. The summed E-state index contributed by atoms with van der Waals surface area (Å²) in [5, 5.41) is 8.89. The summed E-state index contributed by atoms with van der Waals surface area (Å²) in [5.41, 5.74) is 0.778. The highest BCUT2D eigenvalue weighted by Crippen LogP contribution is 2.22. The van der Waals surface area contributed by atoms with Gasteiger partial charge in [0.2, 0.25) is 11.7 Å². The quantitative estimate of drug-likeness (QED) is 0.911. The number of hydrogen-bond donors (Lipinski definition) is 1. The summed E-state index contributed by atoms with van der Waals surface area (Å²) in [6.07, 6.45) is 2.50. The fourth-order valence-corrected chi connectivity index (χ4v) is 2.33. The smallest absolute Gasteiger partial charge is 0.371 e. The average molecular weight is 265 g/mol. The standard InChI is InChI=1S/C14H19NO4/c1-9-3-4-13(16)15(6-5-9)8-11-7-12(14(17)18)19-10(11)2/h7,9H,3-6,8H2,1-2H3,(H,17,18). The summed E-state index contributed by atoms with van der Waals surface area (Å²) in [5.74, 6) is 0.131. The number of hydrogen-bond acceptors (Lipinski definition) is 3. The minimum Gasteiger partial charge on any atom is -0.475 e. The molecule has 0 aromatic carbocycles. The second-order valence-corrected chi connectivity index (χ2v) is 5.25. The van der Waals surface area contributed by atoms with E-state index in [1.54, 1.807) is 11.8 Å². The second kappa shape index (κ2) is 5.47. The van der Waals surface area contributed by atoms with Crippen LogP contribution in [0.3, 0.4) is 0 Å². The van der Waals surface area contributed by atoms with Gasteiger partial charge < -0.3 is 14.4 Å². The Kier molecular flexibility index (Phi) is 3.93. The zero-order chi connectivity index (χ0) is 14.0.